The summed E-state index contributed by atoms with van der Waals surface area (Å²) in [5, 5.41) is 51.6. The number of nitrogens with one attached hydrogen (secondary N) is 1. The number of unbranched alkanes of at least 4 members (excludes halogenated alkanes) is 1. The molecule has 49 heavy (non-hydrogen) atoms. The standard InChI is InChI=1S/C9H11NO2.C6H14N2O2.C6H13NO2.C5H9NO2.2C2H5NO2/c10-8(9(11)12)6-7-4-2-1-3-5-7;7-4-2-1-3-5(8)6(9)10;1-4(2)3-5(7)6(8)9;7-5(8)4-2-1-3-6-4;2*3-1-2(4)5/h1-5,8H,6,10H2,(H,11,12);5H,1-4,7-8H2,(H,9,10);4-5H,3,7H2,1-2H3,(H,8,9);4,6H,1-3H2,(H,7,8);2*1,3H2,(H,4,5)/t;;;4-;;/m...0../s1. The van der Waals surface area contributed by atoms with E-state index in [-0.39, 0.29) is 19.1 Å². The average Bonchev–Trinajstić information content (AvgIpc) is 3.58. The highest BCUT2D eigenvalue weighted by Gasteiger charge is 2.20. The van der Waals surface area contributed by atoms with Gasteiger partial charge in [-0.3, -0.25) is 28.8 Å². The molecule has 19 N–H and O–H groups in total. The van der Waals surface area contributed by atoms with E-state index in [2.05, 4.69) is 16.8 Å². The first kappa shape index (κ1) is 51.6. The normalized spacial score (nSPS) is 14.3. The van der Waals surface area contributed by atoms with E-state index in [0.717, 1.165) is 37.8 Å². The van der Waals surface area contributed by atoms with E-state index in [1.54, 1.807) is 0 Å². The zero-order valence-corrected chi connectivity index (χ0v) is 28.1. The van der Waals surface area contributed by atoms with Gasteiger partial charge in [-0.2, -0.15) is 0 Å². The Morgan fingerprint density at radius 3 is 1.45 bits per heavy atom. The van der Waals surface area contributed by atoms with Crippen LogP contribution in [-0.4, -0.2) is 117 Å². The van der Waals surface area contributed by atoms with Gasteiger partial charge in [0.2, 0.25) is 0 Å². The van der Waals surface area contributed by atoms with Gasteiger partial charge >= 0.3 is 35.8 Å². The minimum atomic E-state index is -0.968. The first-order valence-electron chi connectivity index (χ1n) is 15.3. The zero-order chi connectivity index (χ0) is 38.9. The number of carbonyl (C=O) groups is 6. The molecule has 19 heteroatoms. The SMILES string of the molecule is CC(C)CC(N)C(=O)O.NC(Cc1ccccc1)C(=O)O.NCC(=O)O.NCC(=O)O.NCCCCC(N)C(=O)O.O=C(O)[C@@H]1CCCN1. The summed E-state index contributed by atoms with van der Waals surface area (Å²) >= 11 is 0. The van der Waals surface area contributed by atoms with Crippen molar-refractivity contribution in [1.29, 1.82) is 0 Å². The van der Waals surface area contributed by atoms with Crippen LogP contribution in [0.25, 0.3) is 0 Å². The minimum Gasteiger partial charge on any atom is -0.480 e. The fraction of sp³-hybridized carbons (Fsp3) is 0.600. The molecular weight excluding hydrogens is 650 g/mol. The van der Waals surface area contributed by atoms with Crippen molar-refractivity contribution in [1.82, 2.24) is 5.32 Å². The van der Waals surface area contributed by atoms with Crippen molar-refractivity contribution in [3.8, 4) is 0 Å². The number of carboxylic acids is 6. The van der Waals surface area contributed by atoms with E-state index in [9.17, 15) is 28.8 Å². The van der Waals surface area contributed by atoms with E-state index >= 15 is 0 Å². The molecule has 0 bridgehead atoms. The summed E-state index contributed by atoms with van der Waals surface area (Å²) in [6.07, 6.45) is 4.88. The van der Waals surface area contributed by atoms with Gasteiger partial charge < -0.3 is 70.4 Å². The van der Waals surface area contributed by atoms with Gasteiger partial charge in [-0.15, -0.1) is 0 Å². The third-order valence-corrected chi connectivity index (χ3v) is 5.65. The van der Waals surface area contributed by atoms with Crippen molar-refractivity contribution in [2.24, 2.45) is 40.3 Å². The van der Waals surface area contributed by atoms with Crippen LogP contribution in [-0.2, 0) is 35.2 Å². The van der Waals surface area contributed by atoms with Crippen LogP contribution < -0.4 is 39.7 Å². The monoisotopic (exact) mass is 707 g/mol. The molecule has 0 aromatic heterocycles. The van der Waals surface area contributed by atoms with Gasteiger partial charge in [-0.1, -0.05) is 50.6 Å². The molecule has 1 heterocycles. The number of rotatable bonds is 14. The number of aliphatic carboxylic acids is 6. The predicted molar refractivity (Wildman–Crippen MR) is 181 cm³/mol. The molecule has 4 atom stereocenters. The maximum Gasteiger partial charge on any atom is 0.320 e. The summed E-state index contributed by atoms with van der Waals surface area (Å²) < 4.78 is 0. The van der Waals surface area contributed by atoms with Crippen molar-refractivity contribution < 1.29 is 59.4 Å². The van der Waals surface area contributed by atoms with Gasteiger partial charge in [-0.25, -0.2) is 0 Å². The van der Waals surface area contributed by atoms with Crippen LogP contribution in [0.2, 0.25) is 0 Å². The van der Waals surface area contributed by atoms with Gasteiger partial charge in [0.25, 0.3) is 0 Å². The Morgan fingerprint density at radius 1 is 0.735 bits per heavy atom. The maximum absolute atomic E-state index is 10.4. The highest BCUT2D eigenvalue weighted by atomic mass is 16.4. The summed E-state index contributed by atoms with van der Waals surface area (Å²) in [7, 11) is 0. The van der Waals surface area contributed by atoms with Crippen LogP contribution >= 0.6 is 0 Å². The van der Waals surface area contributed by atoms with Crippen LogP contribution in [0, 0.1) is 5.92 Å². The van der Waals surface area contributed by atoms with Crippen molar-refractivity contribution in [2.45, 2.75) is 83.0 Å². The molecule has 0 amide bonds. The fourth-order valence-electron chi connectivity index (χ4n) is 3.09. The molecule has 0 radical (unpaired) electrons. The molecule has 1 fully saturated rings. The van der Waals surface area contributed by atoms with Crippen LogP contribution in [0.4, 0.5) is 0 Å². The largest absolute Gasteiger partial charge is 0.480 e. The Hall–Kier alpha value is -4.24. The topological polar surface area (TPSA) is 392 Å². The predicted octanol–water partition coefficient (Wildman–Crippen LogP) is -1.50. The Morgan fingerprint density at radius 2 is 1.18 bits per heavy atom. The van der Waals surface area contributed by atoms with Gasteiger partial charge in [-0.05, 0) is 63.1 Å². The number of hydrogen-bond donors (Lipinski definition) is 13. The molecule has 0 aliphatic carbocycles. The van der Waals surface area contributed by atoms with Crippen LogP contribution in [0.1, 0.15) is 57.9 Å². The van der Waals surface area contributed by atoms with Gasteiger partial charge in [0.1, 0.15) is 24.2 Å². The minimum absolute atomic E-state index is 0.269. The third kappa shape index (κ3) is 39.9. The fourth-order valence-corrected chi connectivity index (χ4v) is 3.09. The molecule has 1 aliphatic rings. The number of carboxylic acid groups (broad SMARTS) is 6. The van der Waals surface area contributed by atoms with E-state index in [1.807, 2.05) is 44.2 Å². The summed E-state index contributed by atoms with van der Waals surface area (Å²) in [5.74, 6) is -5.10. The number of benzene rings is 1. The molecule has 1 aromatic carbocycles. The lowest BCUT2D eigenvalue weighted by Gasteiger charge is -2.07. The lowest BCUT2D eigenvalue weighted by molar-refractivity contribution is -0.139. The van der Waals surface area contributed by atoms with Gasteiger partial charge in [0, 0.05) is 0 Å². The van der Waals surface area contributed by atoms with E-state index in [1.165, 1.54) is 0 Å². The van der Waals surface area contributed by atoms with Gasteiger partial charge in [0.05, 0.1) is 13.1 Å². The molecule has 1 saturated heterocycles. The highest BCUT2D eigenvalue weighted by Crippen LogP contribution is 2.04. The molecule has 0 spiro atoms. The Bertz CT molecular complexity index is 1030. The van der Waals surface area contributed by atoms with Crippen molar-refractivity contribution in [3.05, 3.63) is 35.9 Å². The quantitative estimate of drug-likeness (QED) is 0.0977. The highest BCUT2D eigenvalue weighted by molar-refractivity contribution is 5.74. The smallest absolute Gasteiger partial charge is 0.320 e. The van der Waals surface area contributed by atoms with Crippen molar-refractivity contribution >= 4 is 35.8 Å². The lowest BCUT2D eigenvalue weighted by atomic mass is 10.1. The Labute approximate surface area is 286 Å². The van der Waals surface area contributed by atoms with E-state index in [4.69, 9.17) is 53.6 Å². The van der Waals surface area contributed by atoms with Crippen LogP contribution in [0.15, 0.2) is 30.3 Å². The molecular formula is C30H57N7O12. The second kappa shape index (κ2) is 33.7. The molecule has 19 nitrogen and oxygen atoms in total. The summed E-state index contributed by atoms with van der Waals surface area (Å²) in [6.45, 7) is 4.80. The number of nitrogens with two attached hydrogens (primary N) is 6. The van der Waals surface area contributed by atoms with E-state index < -0.39 is 53.9 Å². The first-order valence-corrected chi connectivity index (χ1v) is 15.3. The van der Waals surface area contributed by atoms with Gasteiger partial charge in [0.15, 0.2) is 0 Å². The Balaban J connectivity index is -0.000000255. The number of hydrogen-bond acceptors (Lipinski definition) is 13. The molecule has 1 aliphatic heterocycles. The zero-order valence-electron chi connectivity index (χ0n) is 28.1. The average molecular weight is 708 g/mol. The third-order valence-electron chi connectivity index (χ3n) is 5.65. The van der Waals surface area contributed by atoms with Crippen molar-refractivity contribution in [3.63, 3.8) is 0 Å². The lowest BCUT2D eigenvalue weighted by Crippen LogP contribution is -2.32. The molecule has 3 unspecified atom stereocenters. The van der Waals surface area contributed by atoms with Crippen LogP contribution in [0.3, 0.4) is 0 Å². The second-order valence-electron chi connectivity index (χ2n) is 10.6. The first-order chi connectivity index (χ1) is 22.8. The molecule has 2 rings (SSSR count). The summed E-state index contributed by atoms with van der Waals surface area (Å²) in [4.78, 5) is 59.3. The summed E-state index contributed by atoms with van der Waals surface area (Å²) in [6, 6.07) is 6.87. The Kier molecular flexibility index (Phi) is 35.4. The van der Waals surface area contributed by atoms with Crippen molar-refractivity contribution in [2.75, 3.05) is 26.2 Å². The maximum atomic E-state index is 10.4. The second-order valence-corrected chi connectivity index (χ2v) is 10.6. The van der Waals surface area contributed by atoms with Crippen LogP contribution in [0.5, 0.6) is 0 Å². The van der Waals surface area contributed by atoms with E-state index in [0.29, 0.717) is 31.7 Å². The molecule has 1 aromatic rings. The molecule has 284 valence electrons. The molecule has 0 saturated carbocycles. The summed E-state index contributed by atoms with van der Waals surface area (Å²) in [5.41, 5.74) is 31.1.